The molecular weight excluding hydrogens is 328 g/mol. The molecule has 0 saturated carbocycles. The maximum atomic E-state index is 13.2. The van der Waals surface area contributed by atoms with Crippen LogP contribution in [0.1, 0.15) is 16.8 Å². The molecule has 0 atom stereocenters. The molecule has 26 heavy (non-hydrogen) atoms. The van der Waals surface area contributed by atoms with Crippen molar-refractivity contribution >= 4 is 29.0 Å². The lowest BCUT2D eigenvalue weighted by molar-refractivity contribution is -0.119. The molecule has 3 heterocycles. The number of nitrogens with zero attached hydrogens (tertiary/aromatic N) is 4. The molecule has 1 aromatic heterocycles. The normalized spacial score (nSPS) is 16.9. The number of hydrogen-bond donors (Lipinski definition) is 0. The zero-order valence-corrected chi connectivity index (χ0v) is 14.6. The van der Waals surface area contributed by atoms with Gasteiger partial charge in [-0.15, -0.1) is 0 Å². The molecule has 0 N–H and O–H groups in total. The van der Waals surface area contributed by atoms with Gasteiger partial charge < -0.3 is 4.90 Å². The molecule has 6 nitrogen and oxygen atoms in total. The fraction of sp³-hybridized carbons (Fsp3) is 0.250. The summed E-state index contributed by atoms with van der Waals surface area (Å²) in [7, 11) is 1.71. The lowest BCUT2D eigenvalue weighted by Gasteiger charge is -2.28. The second-order valence-electron chi connectivity index (χ2n) is 6.45. The first kappa shape index (κ1) is 16.5. The number of hydrogen-bond acceptors (Lipinski definition) is 4. The Bertz CT molecular complexity index is 893. The molecule has 0 saturated heterocycles. The number of pyridine rings is 1. The molecule has 0 spiro atoms. The van der Waals surface area contributed by atoms with Crippen LogP contribution in [0, 0.1) is 0 Å². The summed E-state index contributed by atoms with van der Waals surface area (Å²) < 4.78 is 0. The lowest BCUT2D eigenvalue weighted by atomic mass is 10.1. The summed E-state index contributed by atoms with van der Waals surface area (Å²) in [6.45, 7) is 1.90. The summed E-state index contributed by atoms with van der Waals surface area (Å²) in [5.41, 5.74) is 1.71. The van der Waals surface area contributed by atoms with Gasteiger partial charge in [0.15, 0.2) is 5.82 Å². The van der Waals surface area contributed by atoms with E-state index in [4.69, 9.17) is 0 Å². The van der Waals surface area contributed by atoms with Gasteiger partial charge in [0, 0.05) is 26.3 Å². The number of aromatic nitrogens is 1. The van der Waals surface area contributed by atoms with E-state index >= 15 is 0 Å². The highest BCUT2D eigenvalue weighted by Gasteiger charge is 2.33. The van der Waals surface area contributed by atoms with Crippen LogP contribution in [-0.2, 0) is 4.79 Å². The largest absolute Gasteiger partial charge is 0.308 e. The van der Waals surface area contributed by atoms with E-state index in [1.165, 1.54) is 0 Å². The van der Waals surface area contributed by atoms with Gasteiger partial charge in [0.2, 0.25) is 5.91 Å². The number of para-hydroxylation sites is 1. The van der Waals surface area contributed by atoms with Crippen molar-refractivity contribution < 1.29 is 9.59 Å². The Morgan fingerprint density at radius 2 is 1.92 bits per heavy atom. The predicted molar refractivity (Wildman–Crippen MR) is 101 cm³/mol. The van der Waals surface area contributed by atoms with Gasteiger partial charge in [-0.25, -0.2) is 4.98 Å². The third kappa shape index (κ3) is 2.78. The first-order valence-electron chi connectivity index (χ1n) is 8.69. The minimum atomic E-state index is -0.147. The highest BCUT2D eigenvalue weighted by atomic mass is 16.2. The topological polar surface area (TPSA) is 56.8 Å². The van der Waals surface area contributed by atoms with Crippen molar-refractivity contribution in [2.24, 2.45) is 0 Å². The van der Waals surface area contributed by atoms with Crippen LogP contribution < -0.4 is 9.80 Å². The Hall–Kier alpha value is -2.99. The van der Waals surface area contributed by atoms with E-state index in [1.54, 1.807) is 41.2 Å². The lowest BCUT2D eigenvalue weighted by Crippen LogP contribution is -2.40. The van der Waals surface area contributed by atoms with Crippen molar-refractivity contribution in [1.82, 2.24) is 9.88 Å². The SMILES string of the molecule is CN1C(=O)c2ccccc2N(C(=O)CN2CC=CCC2)c2ncccc21. The summed E-state index contributed by atoms with van der Waals surface area (Å²) >= 11 is 0. The Labute approximate surface area is 152 Å². The second-order valence-corrected chi connectivity index (χ2v) is 6.45. The van der Waals surface area contributed by atoms with Gasteiger partial charge >= 0.3 is 0 Å². The van der Waals surface area contributed by atoms with Crippen LogP contribution in [0.15, 0.2) is 54.7 Å². The van der Waals surface area contributed by atoms with Crippen LogP contribution in [0.4, 0.5) is 17.2 Å². The zero-order valence-electron chi connectivity index (χ0n) is 14.6. The van der Waals surface area contributed by atoms with Gasteiger partial charge in [0.05, 0.1) is 23.5 Å². The number of rotatable bonds is 2. The minimum Gasteiger partial charge on any atom is -0.308 e. The summed E-state index contributed by atoms with van der Waals surface area (Å²) in [6.07, 6.45) is 6.80. The number of carbonyl (C=O) groups excluding carboxylic acids is 2. The van der Waals surface area contributed by atoms with Crippen LogP contribution in [0.3, 0.4) is 0 Å². The molecule has 2 aliphatic rings. The van der Waals surface area contributed by atoms with Gasteiger partial charge in [-0.1, -0.05) is 24.3 Å². The van der Waals surface area contributed by atoms with E-state index in [9.17, 15) is 9.59 Å². The Morgan fingerprint density at radius 3 is 2.73 bits per heavy atom. The molecule has 4 rings (SSSR count). The van der Waals surface area contributed by atoms with Crippen molar-refractivity contribution in [3.63, 3.8) is 0 Å². The molecule has 2 amide bonds. The first-order valence-corrected chi connectivity index (χ1v) is 8.69. The average Bonchev–Trinajstić information content (AvgIpc) is 2.77. The van der Waals surface area contributed by atoms with E-state index < -0.39 is 0 Å². The molecular formula is C20H20N4O2. The van der Waals surface area contributed by atoms with Crippen LogP contribution in [0.25, 0.3) is 0 Å². The average molecular weight is 348 g/mol. The highest BCUT2D eigenvalue weighted by molar-refractivity contribution is 6.18. The zero-order chi connectivity index (χ0) is 18.1. The molecule has 132 valence electrons. The molecule has 0 fully saturated rings. The molecule has 0 aliphatic carbocycles. The number of carbonyl (C=O) groups is 2. The monoisotopic (exact) mass is 348 g/mol. The van der Waals surface area contributed by atoms with Crippen LogP contribution in [0.5, 0.6) is 0 Å². The van der Waals surface area contributed by atoms with Crippen LogP contribution in [0.2, 0.25) is 0 Å². The Morgan fingerprint density at radius 1 is 1.12 bits per heavy atom. The van der Waals surface area contributed by atoms with E-state index in [2.05, 4.69) is 22.0 Å². The van der Waals surface area contributed by atoms with Gasteiger partial charge in [-0.2, -0.15) is 0 Å². The molecule has 2 aliphatic heterocycles. The quantitative estimate of drug-likeness (QED) is 0.783. The summed E-state index contributed by atoms with van der Waals surface area (Å²) in [4.78, 5) is 35.8. The first-order chi connectivity index (χ1) is 12.7. The van der Waals surface area contributed by atoms with Crippen LogP contribution in [-0.4, -0.2) is 48.4 Å². The number of anilines is 3. The van der Waals surface area contributed by atoms with Crippen LogP contribution >= 0.6 is 0 Å². The van der Waals surface area contributed by atoms with Crippen molar-refractivity contribution in [2.75, 3.05) is 36.5 Å². The molecule has 0 unspecified atom stereocenters. The van der Waals surface area contributed by atoms with E-state index in [0.29, 0.717) is 22.8 Å². The standard InChI is InChI=1S/C20H20N4O2/c1-22-17-10-7-11-21-19(17)24(16-9-4-3-8-15(16)20(22)26)18(25)14-23-12-5-2-6-13-23/h2-5,7-11H,6,12-14H2,1H3. The van der Waals surface area contributed by atoms with Crippen molar-refractivity contribution in [3.05, 3.63) is 60.3 Å². The summed E-state index contributed by atoms with van der Waals surface area (Å²) in [6, 6.07) is 10.8. The van der Waals surface area contributed by atoms with Gasteiger partial charge in [-0.05, 0) is 30.7 Å². The number of benzene rings is 1. The maximum Gasteiger partial charge on any atom is 0.260 e. The Kier molecular flexibility index (Phi) is 4.26. The predicted octanol–water partition coefficient (Wildman–Crippen LogP) is 2.60. The van der Waals surface area contributed by atoms with E-state index in [-0.39, 0.29) is 18.4 Å². The third-order valence-electron chi connectivity index (χ3n) is 4.77. The van der Waals surface area contributed by atoms with Gasteiger partial charge in [0.1, 0.15) is 0 Å². The maximum absolute atomic E-state index is 13.2. The molecule has 6 heteroatoms. The van der Waals surface area contributed by atoms with Crippen molar-refractivity contribution in [1.29, 1.82) is 0 Å². The number of amides is 2. The molecule has 0 bridgehead atoms. The van der Waals surface area contributed by atoms with Crippen molar-refractivity contribution in [3.8, 4) is 0 Å². The minimum absolute atomic E-state index is 0.0872. The number of fused-ring (bicyclic) bond motifs is 2. The molecule has 2 aromatic rings. The van der Waals surface area contributed by atoms with Crippen molar-refractivity contribution in [2.45, 2.75) is 6.42 Å². The molecule has 0 radical (unpaired) electrons. The Balaban J connectivity index is 1.80. The third-order valence-corrected chi connectivity index (χ3v) is 4.77. The fourth-order valence-corrected chi connectivity index (χ4v) is 3.42. The molecule has 1 aromatic carbocycles. The van der Waals surface area contributed by atoms with Gasteiger partial charge in [-0.3, -0.25) is 19.4 Å². The van der Waals surface area contributed by atoms with E-state index in [0.717, 1.165) is 19.5 Å². The fourth-order valence-electron chi connectivity index (χ4n) is 3.42. The van der Waals surface area contributed by atoms with E-state index in [1.807, 2.05) is 18.2 Å². The van der Waals surface area contributed by atoms with Gasteiger partial charge in [0.25, 0.3) is 5.91 Å². The second kappa shape index (κ2) is 6.72. The summed E-state index contributed by atoms with van der Waals surface area (Å²) in [5, 5.41) is 0. The summed E-state index contributed by atoms with van der Waals surface area (Å²) in [5.74, 6) is 0.257. The smallest absolute Gasteiger partial charge is 0.260 e. The highest BCUT2D eigenvalue weighted by Crippen LogP contribution is 2.38.